The Bertz CT molecular complexity index is 467. The van der Waals surface area contributed by atoms with Gasteiger partial charge in [0.2, 0.25) is 5.91 Å². The SMILES string of the molecule is C[C@H](O)CN1C(=O)CS[C@H]1c1ccc(F)cc1F. The Morgan fingerprint density at radius 1 is 1.56 bits per heavy atom. The van der Waals surface area contributed by atoms with Crippen LogP contribution in [-0.2, 0) is 4.79 Å². The minimum Gasteiger partial charge on any atom is -0.392 e. The number of carbonyl (C=O) groups excluding carboxylic acids is 1. The molecule has 3 nitrogen and oxygen atoms in total. The Morgan fingerprint density at radius 2 is 2.28 bits per heavy atom. The summed E-state index contributed by atoms with van der Waals surface area (Å²) in [5.74, 6) is -1.21. The standard InChI is InChI=1S/C12H13F2NO2S/c1-7(16)5-15-11(17)6-18-12(15)9-3-2-8(13)4-10(9)14/h2-4,7,12,16H,5-6H2,1H3/t7-,12-/m0/s1. The van der Waals surface area contributed by atoms with Crippen LogP contribution in [0, 0.1) is 11.6 Å². The highest BCUT2D eigenvalue weighted by Crippen LogP contribution is 2.39. The molecule has 98 valence electrons. The van der Waals surface area contributed by atoms with E-state index in [9.17, 15) is 18.7 Å². The number of halogens is 2. The van der Waals surface area contributed by atoms with Gasteiger partial charge in [0, 0.05) is 18.2 Å². The van der Waals surface area contributed by atoms with Crippen LogP contribution in [0.2, 0.25) is 0 Å². The third-order valence-corrected chi connectivity index (χ3v) is 3.90. The van der Waals surface area contributed by atoms with Crippen LogP contribution >= 0.6 is 11.8 Å². The Morgan fingerprint density at radius 3 is 2.89 bits per heavy atom. The van der Waals surface area contributed by atoms with Crippen molar-refractivity contribution in [1.82, 2.24) is 4.90 Å². The van der Waals surface area contributed by atoms with Crippen molar-refractivity contribution < 1.29 is 18.7 Å². The first kappa shape index (κ1) is 13.3. The molecular formula is C12H13F2NO2S. The quantitative estimate of drug-likeness (QED) is 0.914. The van der Waals surface area contributed by atoms with Crippen LogP contribution in [0.1, 0.15) is 17.9 Å². The molecule has 1 saturated heterocycles. The Labute approximate surface area is 108 Å². The Balaban J connectivity index is 2.28. The molecule has 1 aromatic carbocycles. The fourth-order valence-electron chi connectivity index (χ4n) is 1.90. The van der Waals surface area contributed by atoms with Crippen molar-refractivity contribution >= 4 is 17.7 Å². The molecule has 1 heterocycles. The van der Waals surface area contributed by atoms with Gasteiger partial charge in [-0.2, -0.15) is 0 Å². The molecule has 1 N–H and O–H groups in total. The van der Waals surface area contributed by atoms with Gasteiger partial charge in [-0.15, -0.1) is 11.8 Å². The number of β-amino-alcohol motifs (C(OH)–C–C–N with tert-alkyl or cyclic N) is 1. The van der Waals surface area contributed by atoms with Crippen molar-refractivity contribution in [2.45, 2.75) is 18.4 Å². The monoisotopic (exact) mass is 273 g/mol. The molecule has 0 unspecified atom stereocenters. The first-order chi connectivity index (χ1) is 8.49. The normalized spacial score (nSPS) is 21.4. The van der Waals surface area contributed by atoms with Crippen LogP contribution in [0.4, 0.5) is 8.78 Å². The molecule has 2 rings (SSSR count). The van der Waals surface area contributed by atoms with Crippen LogP contribution in [0.3, 0.4) is 0 Å². The maximum atomic E-state index is 13.7. The molecule has 1 aliphatic rings. The van der Waals surface area contributed by atoms with Gasteiger partial charge in [-0.3, -0.25) is 4.79 Å². The molecule has 0 radical (unpaired) electrons. The molecule has 1 fully saturated rings. The summed E-state index contributed by atoms with van der Waals surface area (Å²) in [5.41, 5.74) is 0.271. The summed E-state index contributed by atoms with van der Waals surface area (Å²) in [7, 11) is 0. The van der Waals surface area contributed by atoms with Crippen molar-refractivity contribution in [2.75, 3.05) is 12.3 Å². The topological polar surface area (TPSA) is 40.5 Å². The third kappa shape index (κ3) is 2.64. The summed E-state index contributed by atoms with van der Waals surface area (Å²) in [4.78, 5) is 13.1. The lowest BCUT2D eigenvalue weighted by molar-refractivity contribution is -0.129. The predicted octanol–water partition coefficient (Wildman–Crippen LogP) is 1.92. The molecule has 1 aliphatic heterocycles. The second kappa shape index (κ2) is 5.24. The molecule has 2 atom stereocenters. The highest BCUT2D eigenvalue weighted by Gasteiger charge is 2.34. The van der Waals surface area contributed by atoms with E-state index in [1.165, 1.54) is 28.8 Å². The number of aliphatic hydroxyl groups is 1. The molecule has 0 aliphatic carbocycles. The number of thioether (sulfide) groups is 1. The van der Waals surface area contributed by atoms with E-state index >= 15 is 0 Å². The summed E-state index contributed by atoms with van der Waals surface area (Å²) in [6, 6.07) is 3.32. The van der Waals surface area contributed by atoms with Gasteiger partial charge in [0.1, 0.15) is 17.0 Å². The van der Waals surface area contributed by atoms with Gasteiger partial charge in [-0.05, 0) is 13.0 Å². The molecule has 18 heavy (non-hydrogen) atoms. The predicted molar refractivity (Wildman–Crippen MR) is 65.0 cm³/mol. The molecule has 1 amide bonds. The molecule has 0 spiro atoms. The summed E-state index contributed by atoms with van der Waals surface area (Å²) in [5, 5.41) is 8.86. The summed E-state index contributed by atoms with van der Waals surface area (Å²) in [6.45, 7) is 1.71. The van der Waals surface area contributed by atoms with E-state index in [1.54, 1.807) is 6.92 Å². The number of benzene rings is 1. The zero-order valence-electron chi connectivity index (χ0n) is 9.77. The van der Waals surface area contributed by atoms with Crippen LogP contribution in [0.5, 0.6) is 0 Å². The fraction of sp³-hybridized carbons (Fsp3) is 0.417. The molecule has 0 aromatic heterocycles. The Hall–Kier alpha value is -1.14. The highest BCUT2D eigenvalue weighted by atomic mass is 32.2. The van der Waals surface area contributed by atoms with Gasteiger partial charge >= 0.3 is 0 Å². The van der Waals surface area contributed by atoms with E-state index in [0.717, 1.165) is 6.07 Å². The molecule has 1 aromatic rings. The minimum absolute atomic E-state index is 0.144. The van der Waals surface area contributed by atoms with E-state index in [1.807, 2.05) is 0 Å². The van der Waals surface area contributed by atoms with Crippen molar-refractivity contribution in [2.24, 2.45) is 0 Å². The second-order valence-corrected chi connectivity index (χ2v) is 5.29. The smallest absolute Gasteiger partial charge is 0.233 e. The summed E-state index contributed by atoms with van der Waals surface area (Å²) < 4.78 is 26.5. The van der Waals surface area contributed by atoms with Crippen LogP contribution in [0.15, 0.2) is 18.2 Å². The number of carbonyl (C=O) groups is 1. The van der Waals surface area contributed by atoms with Crippen molar-refractivity contribution in [3.8, 4) is 0 Å². The number of nitrogens with zero attached hydrogens (tertiary/aromatic N) is 1. The maximum Gasteiger partial charge on any atom is 0.233 e. The number of hydrogen-bond acceptors (Lipinski definition) is 3. The number of aliphatic hydroxyl groups excluding tert-OH is 1. The van der Waals surface area contributed by atoms with E-state index in [0.29, 0.717) is 0 Å². The molecule has 0 saturated carbocycles. The van der Waals surface area contributed by atoms with Crippen LogP contribution in [0.25, 0.3) is 0 Å². The second-order valence-electron chi connectivity index (χ2n) is 4.22. The molecule has 6 heteroatoms. The molecule has 0 bridgehead atoms. The average molecular weight is 273 g/mol. The first-order valence-electron chi connectivity index (χ1n) is 5.53. The van der Waals surface area contributed by atoms with E-state index in [4.69, 9.17) is 0 Å². The highest BCUT2D eigenvalue weighted by molar-refractivity contribution is 8.00. The summed E-state index contributed by atoms with van der Waals surface area (Å²) in [6.07, 6.45) is -0.682. The average Bonchev–Trinajstić information content (AvgIpc) is 2.60. The Kier molecular flexibility index (Phi) is 3.87. The minimum atomic E-state index is -0.682. The number of rotatable bonds is 3. The number of amides is 1. The van der Waals surface area contributed by atoms with Crippen LogP contribution in [-0.4, -0.2) is 34.3 Å². The van der Waals surface area contributed by atoms with E-state index in [2.05, 4.69) is 0 Å². The van der Waals surface area contributed by atoms with Gasteiger partial charge in [0.05, 0.1) is 11.9 Å². The maximum absolute atomic E-state index is 13.7. The van der Waals surface area contributed by atoms with Gasteiger partial charge in [0.25, 0.3) is 0 Å². The van der Waals surface area contributed by atoms with Crippen molar-refractivity contribution in [1.29, 1.82) is 0 Å². The van der Waals surface area contributed by atoms with Crippen LogP contribution < -0.4 is 0 Å². The lowest BCUT2D eigenvalue weighted by Crippen LogP contribution is -2.34. The first-order valence-corrected chi connectivity index (χ1v) is 6.58. The lowest BCUT2D eigenvalue weighted by Gasteiger charge is -2.25. The largest absolute Gasteiger partial charge is 0.392 e. The molecular weight excluding hydrogens is 260 g/mol. The third-order valence-electron chi connectivity index (χ3n) is 2.66. The van der Waals surface area contributed by atoms with Gasteiger partial charge in [0.15, 0.2) is 0 Å². The van der Waals surface area contributed by atoms with Gasteiger partial charge in [-0.25, -0.2) is 8.78 Å². The van der Waals surface area contributed by atoms with Gasteiger partial charge < -0.3 is 10.0 Å². The zero-order chi connectivity index (χ0) is 13.3. The fourth-order valence-corrected chi connectivity index (χ4v) is 3.12. The van der Waals surface area contributed by atoms with Crippen molar-refractivity contribution in [3.05, 3.63) is 35.4 Å². The van der Waals surface area contributed by atoms with E-state index in [-0.39, 0.29) is 23.8 Å². The number of hydrogen-bond donors (Lipinski definition) is 1. The van der Waals surface area contributed by atoms with E-state index < -0.39 is 23.1 Å². The van der Waals surface area contributed by atoms with Crippen molar-refractivity contribution in [3.63, 3.8) is 0 Å². The lowest BCUT2D eigenvalue weighted by atomic mass is 10.2. The zero-order valence-corrected chi connectivity index (χ0v) is 10.6. The summed E-state index contributed by atoms with van der Waals surface area (Å²) >= 11 is 1.28. The van der Waals surface area contributed by atoms with Gasteiger partial charge in [-0.1, -0.05) is 6.07 Å².